The molecule has 0 bridgehead atoms. The van der Waals surface area contributed by atoms with E-state index in [0.717, 1.165) is 32.7 Å². The van der Waals surface area contributed by atoms with E-state index < -0.39 is 0 Å². The molecule has 0 saturated carbocycles. The largest absolute Gasteiger partial charge is 1.00 e. The van der Waals surface area contributed by atoms with Gasteiger partial charge in [0.05, 0.1) is 6.61 Å². The lowest BCUT2D eigenvalue weighted by atomic mass is 10.1. The Balaban J connectivity index is 0.00000161. The van der Waals surface area contributed by atoms with Crippen molar-refractivity contribution < 1.29 is 33.7 Å². The highest BCUT2D eigenvalue weighted by atomic mass is 127. The zero-order valence-electron chi connectivity index (χ0n) is 12.4. The van der Waals surface area contributed by atoms with Gasteiger partial charge in [-0.2, -0.15) is 0 Å². The van der Waals surface area contributed by atoms with Crippen molar-refractivity contribution in [3.63, 3.8) is 0 Å². The van der Waals surface area contributed by atoms with Crippen molar-refractivity contribution in [2.75, 3.05) is 44.2 Å². The van der Waals surface area contributed by atoms with Gasteiger partial charge in [-0.05, 0) is 18.2 Å². The summed E-state index contributed by atoms with van der Waals surface area (Å²) in [6.07, 6.45) is 2.09. The van der Waals surface area contributed by atoms with E-state index in [1.54, 1.807) is 0 Å². The second kappa shape index (κ2) is 7.38. The van der Waals surface area contributed by atoms with Crippen molar-refractivity contribution in [3.8, 4) is 0 Å². The normalized spacial score (nSPS) is 16.0. The average Bonchev–Trinajstić information content (AvgIpc) is 2.49. The van der Waals surface area contributed by atoms with Gasteiger partial charge in [0.25, 0.3) is 0 Å². The SMILES string of the molecule is C[n+]1cccc2ccc(N3CCN(CCO)CC3)cc21.[I-]. The molecule has 1 aromatic carbocycles. The summed E-state index contributed by atoms with van der Waals surface area (Å²) in [5.74, 6) is 0. The van der Waals surface area contributed by atoms with E-state index in [1.165, 1.54) is 16.6 Å². The Kier molecular flexibility index (Phi) is 5.78. The van der Waals surface area contributed by atoms with Crippen LogP contribution in [0.1, 0.15) is 0 Å². The first-order valence-electron chi connectivity index (χ1n) is 7.24. The predicted molar refractivity (Wildman–Crippen MR) is 80.9 cm³/mol. The number of rotatable bonds is 3. The third-order valence-corrected chi connectivity index (χ3v) is 4.13. The van der Waals surface area contributed by atoms with Crippen LogP contribution in [0.2, 0.25) is 0 Å². The highest BCUT2D eigenvalue weighted by Gasteiger charge is 2.17. The van der Waals surface area contributed by atoms with Crippen LogP contribution in [0.3, 0.4) is 0 Å². The number of piperazine rings is 1. The van der Waals surface area contributed by atoms with Crippen molar-refractivity contribution in [2.45, 2.75) is 0 Å². The molecule has 0 atom stereocenters. The summed E-state index contributed by atoms with van der Waals surface area (Å²) in [7, 11) is 2.09. The number of hydrogen-bond donors (Lipinski definition) is 1. The van der Waals surface area contributed by atoms with Crippen LogP contribution in [0.15, 0.2) is 36.5 Å². The van der Waals surface area contributed by atoms with Gasteiger partial charge in [-0.15, -0.1) is 0 Å². The van der Waals surface area contributed by atoms with E-state index in [-0.39, 0.29) is 30.6 Å². The summed E-state index contributed by atoms with van der Waals surface area (Å²) in [6.45, 7) is 5.16. The first kappa shape index (κ1) is 16.5. The molecule has 3 rings (SSSR count). The minimum absolute atomic E-state index is 0. The molecular weight excluding hydrogens is 377 g/mol. The van der Waals surface area contributed by atoms with Crippen LogP contribution in [0.5, 0.6) is 0 Å². The van der Waals surface area contributed by atoms with Crippen molar-refractivity contribution in [3.05, 3.63) is 36.5 Å². The number of aryl methyl sites for hydroxylation is 1. The Morgan fingerprint density at radius 1 is 1.14 bits per heavy atom. The second-order valence-electron chi connectivity index (χ2n) is 5.41. The van der Waals surface area contributed by atoms with Gasteiger partial charge in [-0.1, -0.05) is 0 Å². The van der Waals surface area contributed by atoms with Gasteiger partial charge in [0, 0.05) is 55.9 Å². The average molecular weight is 399 g/mol. The van der Waals surface area contributed by atoms with Gasteiger partial charge in [0.2, 0.25) is 5.52 Å². The van der Waals surface area contributed by atoms with E-state index in [9.17, 15) is 0 Å². The number of anilines is 1. The highest BCUT2D eigenvalue weighted by molar-refractivity contribution is 5.79. The number of aliphatic hydroxyl groups is 1. The van der Waals surface area contributed by atoms with Crippen LogP contribution in [0, 0.1) is 0 Å². The van der Waals surface area contributed by atoms with Crippen LogP contribution < -0.4 is 33.4 Å². The molecule has 1 aliphatic rings. The fraction of sp³-hybridized carbons (Fsp3) is 0.438. The molecule has 1 saturated heterocycles. The lowest BCUT2D eigenvalue weighted by Gasteiger charge is -2.35. The third kappa shape index (κ3) is 3.64. The molecule has 5 heteroatoms. The van der Waals surface area contributed by atoms with Gasteiger partial charge in [0.1, 0.15) is 7.05 Å². The number of halogens is 1. The van der Waals surface area contributed by atoms with E-state index in [4.69, 9.17) is 5.11 Å². The molecule has 1 fully saturated rings. The number of fused-ring (bicyclic) bond motifs is 1. The maximum Gasteiger partial charge on any atom is 0.214 e. The molecule has 1 aliphatic heterocycles. The fourth-order valence-electron chi connectivity index (χ4n) is 2.90. The van der Waals surface area contributed by atoms with Gasteiger partial charge in [0.15, 0.2) is 6.20 Å². The fourth-order valence-corrected chi connectivity index (χ4v) is 2.90. The zero-order valence-corrected chi connectivity index (χ0v) is 14.5. The summed E-state index contributed by atoms with van der Waals surface area (Å²) < 4.78 is 2.17. The molecule has 1 aromatic heterocycles. The number of benzene rings is 1. The molecule has 0 spiro atoms. The summed E-state index contributed by atoms with van der Waals surface area (Å²) >= 11 is 0. The molecule has 1 N–H and O–H groups in total. The first-order chi connectivity index (χ1) is 9.78. The van der Waals surface area contributed by atoms with Crippen LogP contribution in [0.4, 0.5) is 5.69 Å². The van der Waals surface area contributed by atoms with E-state index >= 15 is 0 Å². The van der Waals surface area contributed by atoms with Crippen molar-refractivity contribution in [1.29, 1.82) is 0 Å². The zero-order chi connectivity index (χ0) is 13.9. The lowest BCUT2D eigenvalue weighted by Crippen LogP contribution is -3.00. The third-order valence-electron chi connectivity index (χ3n) is 4.13. The number of nitrogens with zero attached hydrogens (tertiary/aromatic N) is 3. The monoisotopic (exact) mass is 399 g/mol. The molecule has 2 heterocycles. The van der Waals surface area contributed by atoms with Crippen LogP contribution >= 0.6 is 0 Å². The quantitative estimate of drug-likeness (QED) is 0.469. The molecule has 0 aliphatic carbocycles. The molecule has 0 amide bonds. The number of pyridine rings is 1. The summed E-state index contributed by atoms with van der Waals surface area (Å²) in [5.41, 5.74) is 2.56. The highest BCUT2D eigenvalue weighted by Crippen LogP contribution is 2.21. The van der Waals surface area contributed by atoms with Crippen LogP contribution in [-0.2, 0) is 7.05 Å². The van der Waals surface area contributed by atoms with Gasteiger partial charge >= 0.3 is 0 Å². The maximum absolute atomic E-state index is 8.99. The van der Waals surface area contributed by atoms with Crippen LogP contribution in [0.25, 0.3) is 10.9 Å². The minimum Gasteiger partial charge on any atom is -1.00 e. The summed E-state index contributed by atoms with van der Waals surface area (Å²) in [4.78, 5) is 4.75. The summed E-state index contributed by atoms with van der Waals surface area (Å²) in [6, 6.07) is 10.9. The molecule has 0 unspecified atom stereocenters. The molecule has 114 valence electrons. The van der Waals surface area contributed by atoms with Crippen molar-refractivity contribution in [1.82, 2.24) is 4.90 Å². The van der Waals surface area contributed by atoms with E-state index in [2.05, 4.69) is 57.9 Å². The number of hydrogen-bond acceptors (Lipinski definition) is 3. The molecule has 0 radical (unpaired) electrons. The van der Waals surface area contributed by atoms with Crippen molar-refractivity contribution in [2.24, 2.45) is 7.05 Å². The Bertz CT molecular complexity index is 597. The molecule has 2 aromatic rings. The number of aliphatic hydroxyl groups excluding tert-OH is 1. The standard InChI is InChI=1S/C16H22N3O.HI/c1-17-6-2-3-14-4-5-15(13-16(14)17)19-9-7-18(8-10-19)11-12-20;/h2-6,13,20H,7-12H2,1H3;1H/q+1;/p-1. The van der Waals surface area contributed by atoms with Gasteiger partial charge in [-0.25, -0.2) is 4.57 Å². The second-order valence-corrected chi connectivity index (χ2v) is 5.41. The smallest absolute Gasteiger partial charge is 0.214 e. The Morgan fingerprint density at radius 2 is 1.90 bits per heavy atom. The first-order valence-corrected chi connectivity index (χ1v) is 7.24. The van der Waals surface area contributed by atoms with E-state index in [0.29, 0.717) is 0 Å². The van der Waals surface area contributed by atoms with Gasteiger partial charge in [-0.3, -0.25) is 4.90 Å². The Hall–Kier alpha value is -0.920. The van der Waals surface area contributed by atoms with E-state index in [1.807, 2.05) is 0 Å². The number of β-amino-alcohol motifs (C(OH)–C–C–N with tert-alkyl or cyclic N) is 1. The van der Waals surface area contributed by atoms with Crippen molar-refractivity contribution >= 4 is 16.6 Å². The molecule has 4 nitrogen and oxygen atoms in total. The van der Waals surface area contributed by atoms with Gasteiger partial charge < -0.3 is 34.0 Å². The Morgan fingerprint density at radius 3 is 2.62 bits per heavy atom. The maximum atomic E-state index is 8.99. The number of aromatic nitrogens is 1. The Labute approximate surface area is 143 Å². The molecule has 21 heavy (non-hydrogen) atoms. The lowest BCUT2D eigenvalue weighted by molar-refractivity contribution is -0.644. The predicted octanol–water partition coefficient (Wildman–Crippen LogP) is -2.22. The minimum atomic E-state index is 0. The molecular formula is C16H22IN3O. The van der Waals surface area contributed by atoms with Crippen LogP contribution in [-0.4, -0.2) is 49.3 Å². The topological polar surface area (TPSA) is 30.6 Å². The summed E-state index contributed by atoms with van der Waals surface area (Å²) in [5, 5.41) is 10.3.